The number of aryl methyl sites for hydroxylation is 1. The highest BCUT2D eigenvalue weighted by molar-refractivity contribution is 5.95. The Morgan fingerprint density at radius 1 is 0.962 bits per heavy atom. The zero-order valence-electron chi connectivity index (χ0n) is 14.0. The smallest absolute Gasteiger partial charge is 0.204 e. The minimum Gasteiger partial charge on any atom is -0.508 e. The van der Waals surface area contributed by atoms with E-state index in [2.05, 4.69) is 0 Å². The van der Waals surface area contributed by atoms with Gasteiger partial charge in [0.1, 0.15) is 40.4 Å². The number of hydrogen-bond donors (Lipinski definition) is 2. The number of aromatic hydroxyl groups is 2. The van der Waals surface area contributed by atoms with Crippen molar-refractivity contribution in [3.8, 4) is 17.2 Å². The van der Waals surface area contributed by atoms with Gasteiger partial charge in [-0.1, -0.05) is 30.3 Å². The quantitative estimate of drug-likeness (QED) is 0.541. The van der Waals surface area contributed by atoms with Gasteiger partial charge in [-0.3, -0.25) is 4.79 Å². The lowest BCUT2D eigenvalue weighted by Crippen LogP contribution is -2.05. The van der Waals surface area contributed by atoms with Gasteiger partial charge in [0.2, 0.25) is 5.43 Å². The van der Waals surface area contributed by atoms with E-state index < -0.39 is 0 Å². The van der Waals surface area contributed by atoms with Crippen molar-refractivity contribution in [1.29, 1.82) is 0 Å². The molecule has 0 aliphatic carbocycles. The fraction of sp³-hybridized carbons (Fsp3) is 0.0952. The first kappa shape index (κ1) is 16.0. The minimum absolute atomic E-state index is 0.0522. The lowest BCUT2D eigenvalue weighted by Gasteiger charge is -2.10. The highest BCUT2D eigenvalue weighted by Gasteiger charge is 2.15. The number of phenolic OH excluding ortho intramolecular Hbond substituents is 2. The molecule has 0 aliphatic rings. The average Bonchev–Trinajstić information content (AvgIpc) is 2.59. The zero-order chi connectivity index (χ0) is 18.3. The Morgan fingerprint density at radius 3 is 2.46 bits per heavy atom. The summed E-state index contributed by atoms with van der Waals surface area (Å²) in [6.45, 7) is 2.18. The van der Waals surface area contributed by atoms with Gasteiger partial charge in [0, 0.05) is 18.2 Å². The predicted molar refractivity (Wildman–Crippen MR) is 98.8 cm³/mol. The Bertz CT molecular complexity index is 1180. The molecule has 0 saturated carbocycles. The largest absolute Gasteiger partial charge is 0.508 e. The fourth-order valence-corrected chi connectivity index (χ4v) is 3.06. The molecule has 26 heavy (non-hydrogen) atoms. The van der Waals surface area contributed by atoms with Crippen molar-refractivity contribution in [3.05, 3.63) is 75.9 Å². The fourth-order valence-electron chi connectivity index (χ4n) is 3.06. The lowest BCUT2D eigenvalue weighted by molar-refractivity contribution is 0.306. The third kappa shape index (κ3) is 2.73. The Morgan fingerprint density at radius 2 is 1.69 bits per heavy atom. The summed E-state index contributed by atoms with van der Waals surface area (Å²) in [4.78, 5) is 12.8. The van der Waals surface area contributed by atoms with Crippen LogP contribution < -0.4 is 10.2 Å². The van der Waals surface area contributed by atoms with E-state index in [1.807, 2.05) is 30.3 Å². The molecule has 0 spiro atoms. The van der Waals surface area contributed by atoms with E-state index in [4.69, 9.17) is 9.15 Å². The number of phenols is 2. The maximum atomic E-state index is 12.8. The van der Waals surface area contributed by atoms with Crippen molar-refractivity contribution >= 4 is 21.9 Å². The second-order valence-electron chi connectivity index (χ2n) is 6.16. The molecule has 3 aromatic carbocycles. The van der Waals surface area contributed by atoms with E-state index in [1.165, 1.54) is 6.07 Å². The van der Waals surface area contributed by atoms with Gasteiger partial charge in [-0.15, -0.1) is 0 Å². The maximum Gasteiger partial charge on any atom is 0.204 e. The van der Waals surface area contributed by atoms with Crippen LogP contribution in [0.3, 0.4) is 0 Å². The Balaban J connectivity index is 1.84. The normalized spacial score (nSPS) is 11.1. The van der Waals surface area contributed by atoms with Crippen LogP contribution >= 0.6 is 0 Å². The van der Waals surface area contributed by atoms with Crippen LogP contribution in [0.25, 0.3) is 21.9 Å². The van der Waals surface area contributed by atoms with Crippen molar-refractivity contribution in [2.75, 3.05) is 0 Å². The number of rotatable bonds is 3. The topological polar surface area (TPSA) is 79.9 Å². The second-order valence-corrected chi connectivity index (χ2v) is 6.16. The van der Waals surface area contributed by atoms with Crippen LogP contribution in [0.15, 0.2) is 63.8 Å². The first-order valence-corrected chi connectivity index (χ1v) is 8.13. The van der Waals surface area contributed by atoms with Crippen LogP contribution in [0.2, 0.25) is 0 Å². The first-order chi connectivity index (χ1) is 12.5. The van der Waals surface area contributed by atoms with Crippen molar-refractivity contribution in [2.24, 2.45) is 0 Å². The van der Waals surface area contributed by atoms with Crippen molar-refractivity contribution in [2.45, 2.75) is 13.5 Å². The zero-order valence-corrected chi connectivity index (χ0v) is 14.0. The molecule has 2 N–H and O–H groups in total. The molecule has 0 fully saturated rings. The van der Waals surface area contributed by atoms with E-state index in [-0.39, 0.29) is 27.9 Å². The summed E-state index contributed by atoms with van der Waals surface area (Å²) in [6, 6.07) is 15.6. The van der Waals surface area contributed by atoms with Crippen molar-refractivity contribution < 1.29 is 19.4 Å². The first-order valence-electron chi connectivity index (χ1n) is 8.13. The molecule has 4 rings (SSSR count). The molecule has 0 aliphatic heterocycles. The SMILES string of the molecule is Cc1cc(OCc2ccccc2)cc2oc3cc(O)cc(O)c3c(=O)c12. The van der Waals surface area contributed by atoms with Gasteiger partial charge in [0.25, 0.3) is 0 Å². The summed E-state index contributed by atoms with van der Waals surface area (Å²) in [7, 11) is 0. The monoisotopic (exact) mass is 348 g/mol. The highest BCUT2D eigenvalue weighted by Crippen LogP contribution is 2.32. The summed E-state index contributed by atoms with van der Waals surface area (Å²) in [6.07, 6.45) is 0. The highest BCUT2D eigenvalue weighted by atomic mass is 16.5. The lowest BCUT2D eigenvalue weighted by atomic mass is 10.1. The molecule has 1 heterocycles. The molecule has 130 valence electrons. The van der Waals surface area contributed by atoms with E-state index >= 15 is 0 Å². The van der Waals surface area contributed by atoms with Gasteiger partial charge in [-0.2, -0.15) is 0 Å². The Kier molecular flexibility index (Phi) is 3.77. The summed E-state index contributed by atoms with van der Waals surface area (Å²) in [5.41, 5.74) is 1.84. The summed E-state index contributed by atoms with van der Waals surface area (Å²) >= 11 is 0. The summed E-state index contributed by atoms with van der Waals surface area (Å²) in [5.74, 6) is 0.0934. The summed E-state index contributed by atoms with van der Waals surface area (Å²) < 4.78 is 11.6. The van der Waals surface area contributed by atoms with Crippen LogP contribution in [0.5, 0.6) is 17.2 Å². The molecule has 5 nitrogen and oxygen atoms in total. The molecular formula is C21H16O5. The number of fused-ring (bicyclic) bond motifs is 2. The molecule has 0 bridgehead atoms. The predicted octanol–water partition coefficient (Wildman–Crippen LogP) is 4.24. The van der Waals surface area contributed by atoms with Gasteiger partial charge < -0.3 is 19.4 Å². The Labute approximate surface area is 148 Å². The minimum atomic E-state index is -0.342. The molecule has 5 heteroatoms. The molecule has 0 unspecified atom stereocenters. The maximum absolute atomic E-state index is 12.8. The van der Waals surface area contributed by atoms with Gasteiger partial charge in [0.05, 0.1) is 5.39 Å². The number of hydrogen-bond acceptors (Lipinski definition) is 5. The third-order valence-electron chi connectivity index (χ3n) is 4.26. The number of benzene rings is 3. The van der Waals surface area contributed by atoms with Crippen molar-refractivity contribution in [1.82, 2.24) is 0 Å². The molecule has 0 saturated heterocycles. The summed E-state index contributed by atoms with van der Waals surface area (Å²) in [5, 5.41) is 20.1. The Hall–Kier alpha value is -3.47. The van der Waals surface area contributed by atoms with Crippen LogP contribution in [-0.4, -0.2) is 10.2 Å². The molecule has 0 radical (unpaired) electrons. The third-order valence-corrected chi connectivity index (χ3v) is 4.26. The van der Waals surface area contributed by atoms with Crippen molar-refractivity contribution in [3.63, 3.8) is 0 Å². The average molecular weight is 348 g/mol. The second kappa shape index (κ2) is 6.11. The molecule has 1 aromatic heterocycles. The molecular weight excluding hydrogens is 332 g/mol. The van der Waals surface area contributed by atoms with Gasteiger partial charge >= 0.3 is 0 Å². The van der Waals surface area contributed by atoms with E-state index in [9.17, 15) is 15.0 Å². The van der Waals surface area contributed by atoms with Crippen LogP contribution in [0.1, 0.15) is 11.1 Å². The molecule has 0 atom stereocenters. The van der Waals surface area contributed by atoms with E-state index in [0.717, 1.165) is 11.6 Å². The van der Waals surface area contributed by atoms with Crippen LogP contribution in [0.4, 0.5) is 0 Å². The molecule has 0 amide bonds. The van der Waals surface area contributed by atoms with Crippen LogP contribution in [0, 0.1) is 6.92 Å². The number of ether oxygens (including phenoxy) is 1. The van der Waals surface area contributed by atoms with Crippen LogP contribution in [-0.2, 0) is 6.61 Å². The van der Waals surface area contributed by atoms with Gasteiger partial charge in [-0.25, -0.2) is 0 Å². The standard InChI is InChI=1S/C21H16O5/c1-12-7-15(25-11-13-5-3-2-4-6-13)10-18-19(12)21(24)20-16(23)8-14(22)9-17(20)26-18/h2-10,22-23H,11H2,1H3. The van der Waals surface area contributed by atoms with Gasteiger partial charge in [-0.05, 0) is 24.1 Å². The van der Waals surface area contributed by atoms with Gasteiger partial charge in [0.15, 0.2) is 0 Å². The molecule has 4 aromatic rings. The van der Waals surface area contributed by atoms with E-state index in [1.54, 1.807) is 19.1 Å². The van der Waals surface area contributed by atoms with E-state index in [0.29, 0.717) is 28.9 Å².